The minimum Gasteiger partial charge on any atom is -0.497 e. The van der Waals surface area contributed by atoms with Gasteiger partial charge in [0.05, 0.1) is 39.0 Å². The molecule has 1 N–H and O–H groups in total. The Kier molecular flexibility index (Phi) is 11.9. The third kappa shape index (κ3) is 7.54. The molecule has 3 rings (SSSR count). The maximum Gasteiger partial charge on any atom is 0.265 e. The Labute approximate surface area is 259 Å². The number of benzene rings is 3. The number of carbonyl (C=O) groups excluding carboxylic acids is 2. The molecule has 0 bridgehead atoms. The third-order valence-corrected chi connectivity index (χ3v) is 8.97. The van der Waals surface area contributed by atoms with E-state index >= 15 is 0 Å². The van der Waals surface area contributed by atoms with Gasteiger partial charge in [0.15, 0.2) is 11.5 Å². The van der Waals surface area contributed by atoms with E-state index in [0.717, 1.165) is 15.4 Å². The molecule has 0 saturated heterocycles. The van der Waals surface area contributed by atoms with Crippen LogP contribution in [0.3, 0.4) is 0 Å². The van der Waals surface area contributed by atoms with Crippen molar-refractivity contribution in [3.8, 4) is 23.0 Å². The molecule has 0 aromatic heterocycles. The second kappa shape index (κ2) is 15.3. The van der Waals surface area contributed by atoms with Crippen molar-refractivity contribution in [2.24, 2.45) is 0 Å². The van der Waals surface area contributed by atoms with Crippen LogP contribution in [0, 0.1) is 6.92 Å². The number of anilines is 1. The number of ether oxygens (including phenoxy) is 4. The number of hydrogen-bond acceptors (Lipinski definition) is 8. The van der Waals surface area contributed by atoms with Crippen molar-refractivity contribution in [1.82, 2.24) is 10.2 Å². The Morgan fingerprint density at radius 3 is 2.09 bits per heavy atom. The van der Waals surface area contributed by atoms with Crippen LogP contribution in [0.15, 0.2) is 65.6 Å². The molecule has 3 aromatic carbocycles. The molecule has 1 atom stereocenters. The van der Waals surface area contributed by atoms with Gasteiger partial charge in [-0.1, -0.05) is 31.2 Å². The van der Waals surface area contributed by atoms with E-state index < -0.39 is 28.5 Å². The van der Waals surface area contributed by atoms with Gasteiger partial charge in [0.2, 0.25) is 11.8 Å². The van der Waals surface area contributed by atoms with Crippen molar-refractivity contribution in [2.45, 2.75) is 44.7 Å². The number of amides is 2. The molecule has 0 spiro atoms. The molecule has 44 heavy (non-hydrogen) atoms. The molecule has 0 fully saturated rings. The molecule has 0 heterocycles. The molecule has 12 heteroatoms. The number of rotatable bonds is 15. The number of likely N-dealkylation sites (N-methyl/N-ethyl adjacent to an activating group) is 1. The van der Waals surface area contributed by atoms with Gasteiger partial charge in [-0.25, -0.2) is 8.42 Å². The van der Waals surface area contributed by atoms with E-state index in [9.17, 15) is 18.0 Å². The number of nitrogens with zero attached hydrogens (tertiary/aromatic N) is 2. The number of carbonyl (C=O) groups is 2. The van der Waals surface area contributed by atoms with Gasteiger partial charge in [-0.15, -0.1) is 0 Å². The molecule has 0 unspecified atom stereocenters. The van der Waals surface area contributed by atoms with E-state index in [0.29, 0.717) is 24.5 Å². The van der Waals surface area contributed by atoms with Crippen LogP contribution in [0.25, 0.3) is 0 Å². The highest BCUT2D eigenvalue weighted by molar-refractivity contribution is 7.92. The van der Waals surface area contributed by atoms with Crippen molar-refractivity contribution in [3.63, 3.8) is 0 Å². The predicted octanol–water partition coefficient (Wildman–Crippen LogP) is 4.17. The fourth-order valence-electron chi connectivity index (χ4n) is 4.79. The average molecular weight is 628 g/mol. The standard InChI is InChI=1S/C32H41N3O8S/c1-8-26(32(37)33-9-2)34(20-23-13-11-10-12-22(23)3)31(36)21-35(27-18-24(40-4)14-16-28(27)41-5)44(38,39)25-15-17-29(42-6)30(19-25)43-7/h10-19,26H,8-9,20-21H2,1-7H3,(H,33,37)/t26-/m1/s1. The first-order valence-corrected chi connectivity index (χ1v) is 15.6. The summed E-state index contributed by atoms with van der Waals surface area (Å²) >= 11 is 0. The highest BCUT2D eigenvalue weighted by atomic mass is 32.2. The van der Waals surface area contributed by atoms with E-state index in [2.05, 4.69) is 5.32 Å². The molecule has 238 valence electrons. The lowest BCUT2D eigenvalue weighted by Gasteiger charge is -2.33. The maximum absolute atomic E-state index is 14.4. The predicted molar refractivity (Wildman–Crippen MR) is 168 cm³/mol. The van der Waals surface area contributed by atoms with Crippen LogP contribution >= 0.6 is 0 Å². The zero-order valence-corrected chi connectivity index (χ0v) is 27.1. The molecule has 11 nitrogen and oxygen atoms in total. The third-order valence-electron chi connectivity index (χ3n) is 7.22. The molecule has 0 saturated carbocycles. The summed E-state index contributed by atoms with van der Waals surface area (Å²) in [6.45, 7) is 5.36. The van der Waals surface area contributed by atoms with Crippen LogP contribution in [0.1, 0.15) is 31.4 Å². The van der Waals surface area contributed by atoms with E-state index in [-0.39, 0.29) is 34.5 Å². The molecule has 2 amide bonds. The minimum atomic E-state index is -4.43. The van der Waals surface area contributed by atoms with Crippen LogP contribution in [-0.4, -0.2) is 72.7 Å². The molecule has 0 aliphatic rings. The highest BCUT2D eigenvalue weighted by Crippen LogP contribution is 2.38. The molecular weight excluding hydrogens is 586 g/mol. The Bertz CT molecular complexity index is 1560. The van der Waals surface area contributed by atoms with Gasteiger partial charge in [0.1, 0.15) is 24.1 Å². The van der Waals surface area contributed by atoms with Gasteiger partial charge in [0, 0.05) is 25.2 Å². The summed E-state index contributed by atoms with van der Waals surface area (Å²) in [5, 5.41) is 2.80. The van der Waals surface area contributed by atoms with Crippen LogP contribution in [0.2, 0.25) is 0 Å². The lowest BCUT2D eigenvalue weighted by molar-refractivity contribution is -0.140. The van der Waals surface area contributed by atoms with Crippen molar-refractivity contribution in [3.05, 3.63) is 71.8 Å². The largest absolute Gasteiger partial charge is 0.497 e. The summed E-state index contributed by atoms with van der Waals surface area (Å²) in [6, 6.07) is 15.5. The second-order valence-electron chi connectivity index (χ2n) is 9.83. The topological polar surface area (TPSA) is 124 Å². The fraction of sp³-hybridized carbons (Fsp3) is 0.375. The fourth-order valence-corrected chi connectivity index (χ4v) is 6.22. The van der Waals surface area contributed by atoms with Gasteiger partial charge in [-0.3, -0.25) is 13.9 Å². The Morgan fingerprint density at radius 1 is 0.841 bits per heavy atom. The average Bonchev–Trinajstić information content (AvgIpc) is 3.03. The first kappa shape index (κ1) is 34.0. The van der Waals surface area contributed by atoms with Crippen LogP contribution < -0.4 is 28.6 Å². The van der Waals surface area contributed by atoms with Gasteiger partial charge in [-0.2, -0.15) is 0 Å². The summed E-state index contributed by atoms with van der Waals surface area (Å²) in [7, 11) is 1.27. The second-order valence-corrected chi connectivity index (χ2v) is 11.7. The van der Waals surface area contributed by atoms with Gasteiger partial charge in [0.25, 0.3) is 10.0 Å². The normalized spacial score (nSPS) is 11.7. The Balaban J connectivity index is 2.21. The lowest BCUT2D eigenvalue weighted by atomic mass is 10.1. The van der Waals surface area contributed by atoms with Gasteiger partial charge in [-0.05, 0) is 55.7 Å². The lowest BCUT2D eigenvalue weighted by Crippen LogP contribution is -2.52. The number of aryl methyl sites for hydroxylation is 1. The smallest absolute Gasteiger partial charge is 0.265 e. The summed E-state index contributed by atoms with van der Waals surface area (Å²) in [4.78, 5) is 28.8. The molecular formula is C32H41N3O8S. The van der Waals surface area contributed by atoms with Crippen LogP contribution in [0.4, 0.5) is 5.69 Å². The maximum atomic E-state index is 14.4. The number of nitrogens with one attached hydrogen (secondary N) is 1. The Morgan fingerprint density at radius 2 is 1.50 bits per heavy atom. The first-order chi connectivity index (χ1) is 21.1. The first-order valence-electron chi connectivity index (χ1n) is 14.1. The van der Waals surface area contributed by atoms with Crippen molar-refractivity contribution in [1.29, 1.82) is 0 Å². The summed E-state index contributed by atoms with van der Waals surface area (Å²) < 4.78 is 51.3. The quantitative estimate of drug-likeness (QED) is 0.266. The molecule has 0 aliphatic carbocycles. The van der Waals surface area contributed by atoms with Crippen molar-refractivity contribution < 1.29 is 37.0 Å². The van der Waals surface area contributed by atoms with Gasteiger partial charge >= 0.3 is 0 Å². The zero-order chi connectivity index (χ0) is 32.4. The van der Waals surface area contributed by atoms with Gasteiger partial charge < -0.3 is 29.2 Å². The summed E-state index contributed by atoms with van der Waals surface area (Å²) in [6.07, 6.45) is 0.314. The van der Waals surface area contributed by atoms with Crippen LogP contribution in [-0.2, 0) is 26.2 Å². The highest BCUT2D eigenvalue weighted by Gasteiger charge is 2.35. The van der Waals surface area contributed by atoms with E-state index in [4.69, 9.17) is 18.9 Å². The number of sulfonamides is 1. The molecule has 0 radical (unpaired) electrons. The molecule has 3 aromatic rings. The minimum absolute atomic E-state index is 0.0804. The number of hydrogen-bond donors (Lipinski definition) is 1. The van der Waals surface area contributed by atoms with Crippen molar-refractivity contribution in [2.75, 3.05) is 45.8 Å². The van der Waals surface area contributed by atoms with E-state index in [1.165, 1.54) is 57.6 Å². The zero-order valence-electron chi connectivity index (χ0n) is 26.2. The monoisotopic (exact) mass is 627 g/mol. The van der Waals surface area contributed by atoms with E-state index in [1.807, 2.05) is 31.2 Å². The molecule has 0 aliphatic heterocycles. The summed E-state index contributed by atoms with van der Waals surface area (Å²) in [5.41, 5.74) is 1.84. The number of methoxy groups -OCH3 is 4. The summed E-state index contributed by atoms with van der Waals surface area (Å²) in [5.74, 6) is 0.173. The van der Waals surface area contributed by atoms with E-state index in [1.54, 1.807) is 26.0 Å². The SMILES string of the molecule is CCNC(=O)[C@@H](CC)N(Cc1ccccc1C)C(=O)CN(c1cc(OC)ccc1OC)S(=O)(=O)c1ccc(OC)c(OC)c1. The Hall–Kier alpha value is -4.45. The van der Waals surface area contributed by atoms with Crippen molar-refractivity contribution >= 4 is 27.5 Å². The van der Waals surface area contributed by atoms with Crippen LogP contribution in [0.5, 0.6) is 23.0 Å².